The van der Waals surface area contributed by atoms with Gasteiger partial charge in [-0.05, 0) is 82.9 Å². The van der Waals surface area contributed by atoms with E-state index in [-0.39, 0.29) is 5.82 Å². The number of piperidine rings is 1. The molecule has 0 saturated carbocycles. The zero-order valence-corrected chi connectivity index (χ0v) is 15.6. The van der Waals surface area contributed by atoms with Gasteiger partial charge < -0.3 is 9.64 Å². The van der Waals surface area contributed by atoms with E-state index in [1.54, 1.807) is 12.1 Å². The van der Waals surface area contributed by atoms with Gasteiger partial charge in [0.05, 0.1) is 6.61 Å². The second-order valence-corrected chi connectivity index (χ2v) is 6.99. The predicted molar refractivity (Wildman–Crippen MR) is 102 cm³/mol. The van der Waals surface area contributed by atoms with Crippen molar-refractivity contribution in [1.82, 2.24) is 14.9 Å². The summed E-state index contributed by atoms with van der Waals surface area (Å²) in [5.41, 5.74) is 1.64. The van der Waals surface area contributed by atoms with Crippen LogP contribution in [-0.4, -0.2) is 41.1 Å². The minimum atomic E-state index is -0.262. The lowest BCUT2D eigenvalue weighted by Gasteiger charge is -2.26. The Morgan fingerprint density at radius 1 is 1.00 bits per heavy atom. The Morgan fingerprint density at radius 2 is 1.77 bits per heavy atom. The molecule has 2 heterocycles. The largest absolute Gasteiger partial charge is 0.478 e. The molecule has 0 radical (unpaired) electrons. The van der Waals surface area contributed by atoms with Gasteiger partial charge in [-0.15, -0.1) is 0 Å². The maximum absolute atomic E-state index is 13.1. The molecule has 0 unspecified atom stereocenters. The molecular weight excluding hydrogens is 329 g/mol. The van der Waals surface area contributed by atoms with Crippen LogP contribution in [0.1, 0.15) is 44.2 Å². The molecular formula is C21H28FN3O. The minimum absolute atomic E-state index is 0.262. The maximum Gasteiger partial charge on any atom is 0.217 e. The van der Waals surface area contributed by atoms with Gasteiger partial charge in [0, 0.05) is 17.3 Å². The number of aromatic nitrogens is 2. The third-order valence-corrected chi connectivity index (χ3v) is 4.75. The van der Waals surface area contributed by atoms with Crippen molar-refractivity contribution in [3.05, 3.63) is 41.8 Å². The SMILES string of the molecule is Cc1cc(OCCCCCN2CCCCC2)nc(-c2ccc(F)cc2)n1. The zero-order chi connectivity index (χ0) is 18.2. The highest BCUT2D eigenvalue weighted by Crippen LogP contribution is 2.19. The van der Waals surface area contributed by atoms with Crippen LogP contribution in [0.15, 0.2) is 30.3 Å². The Balaban J connectivity index is 1.43. The van der Waals surface area contributed by atoms with Crippen LogP contribution in [0.4, 0.5) is 4.39 Å². The predicted octanol–water partition coefficient (Wildman–Crippen LogP) is 4.63. The monoisotopic (exact) mass is 357 g/mol. The van der Waals surface area contributed by atoms with Gasteiger partial charge in [-0.2, -0.15) is 4.98 Å². The van der Waals surface area contributed by atoms with Crippen molar-refractivity contribution in [2.45, 2.75) is 45.4 Å². The Kier molecular flexibility index (Phi) is 6.95. The molecule has 1 aromatic heterocycles. The third-order valence-electron chi connectivity index (χ3n) is 4.75. The molecule has 1 saturated heterocycles. The van der Waals surface area contributed by atoms with E-state index in [9.17, 15) is 4.39 Å². The van der Waals surface area contributed by atoms with E-state index in [1.807, 2.05) is 13.0 Å². The Labute approximate surface area is 155 Å². The molecule has 0 aliphatic carbocycles. The van der Waals surface area contributed by atoms with Gasteiger partial charge in [-0.25, -0.2) is 9.37 Å². The summed E-state index contributed by atoms with van der Waals surface area (Å²) in [6.07, 6.45) is 7.53. The van der Waals surface area contributed by atoms with E-state index in [1.165, 1.54) is 63.9 Å². The number of aryl methyl sites for hydroxylation is 1. The minimum Gasteiger partial charge on any atom is -0.478 e. The van der Waals surface area contributed by atoms with E-state index in [2.05, 4.69) is 14.9 Å². The molecule has 1 aliphatic rings. The van der Waals surface area contributed by atoms with Crippen LogP contribution in [0.3, 0.4) is 0 Å². The topological polar surface area (TPSA) is 38.2 Å². The van der Waals surface area contributed by atoms with E-state index in [0.717, 1.165) is 17.7 Å². The second kappa shape index (κ2) is 9.62. The van der Waals surface area contributed by atoms with Crippen molar-refractivity contribution in [3.8, 4) is 17.3 Å². The molecule has 1 aromatic carbocycles. The number of rotatable bonds is 8. The summed E-state index contributed by atoms with van der Waals surface area (Å²) in [5.74, 6) is 0.903. The fraction of sp³-hybridized carbons (Fsp3) is 0.524. The summed E-state index contributed by atoms with van der Waals surface area (Å²) in [6, 6.07) is 8.07. The fourth-order valence-corrected chi connectivity index (χ4v) is 3.32. The van der Waals surface area contributed by atoms with Crippen molar-refractivity contribution < 1.29 is 9.13 Å². The average Bonchev–Trinajstić information content (AvgIpc) is 2.65. The highest BCUT2D eigenvalue weighted by atomic mass is 19.1. The third kappa shape index (κ3) is 5.77. The molecule has 26 heavy (non-hydrogen) atoms. The second-order valence-electron chi connectivity index (χ2n) is 6.99. The first-order valence-corrected chi connectivity index (χ1v) is 9.67. The summed E-state index contributed by atoms with van der Waals surface area (Å²) in [5, 5.41) is 0. The molecule has 1 fully saturated rings. The molecule has 4 nitrogen and oxygen atoms in total. The molecule has 3 rings (SSSR count). The number of hydrogen-bond acceptors (Lipinski definition) is 4. The lowest BCUT2D eigenvalue weighted by Crippen LogP contribution is -2.30. The molecule has 0 spiro atoms. The van der Waals surface area contributed by atoms with Crippen molar-refractivity contribution in [2.24, 2.45) is 0 Å². The summed E-state index contributed by atoms with van der Waals surface area (Å²) in [6.45, 7) is 6.33. The van der Waals surface area contributed by atoms with Crippen LogP contribution >= 0.6 is 0 Å². The zero-order valence-electron chi connectivity index (χ0n) is 15.6. The maximum atomic E-state index is 13.1. The standard InChI is InChI=1S/C21H28FN3O/c1-17-16-20(24-21(23-17)18-8-10-19(22)11-9-18)26-15-7-3-6-14-25-12-4-2-5-13-25/h8-11,16H,2-7,12-15H2,1H3. The van der Waals surface area contributed by atoms with Gasteiger partial charge in [0.25, 0.3) is 0 Å². The van der Waals surface area contributed by atoms with Crippen LogP contribution in [0.5, 0.6) is 5.88 Å². The van der Waals surface area contributed by atoms with Gasteiger partial charge in [0.15, 0.2) is 5.82 Å². The molecule has 0 bridgehead atoms. The number of ether oxygens (including phenoxy) is 1. The van der Waals surface area contributed by atoms with Gasteiger partial charge in [0.1, 0.15) is 5.82 Å². The van der Waals surface area contributed by atoms with Crippen molar-refractivity contribution >= 4 is 0 Å². The van der Waals surface area contributed by atoms with Crippen LogP contribution in [0.25, 0.3) is 11.4 Å². The van der Waals surface area contributed by atoms with E-state index in [4.69, 9.17) is 4.74 Å². The fourth-order valence-electron chi connectivity index (χ4n) is 3.32. The summed E-state index contributed by atoms with van der Waals surface area (Å²) in [7, 11) is 0. The van der Waals surface area contributed by atoms with Gasteiger partial charge >= 0.3 is 0 Å². The molecule has 5 heteroatoms. The summed E-state index contributed by atoms with van der Waals surface area (Å²) < 4.78 is 18.9. The smallest absolute Gasteiger partial charge is 0.217 e. The lowest BCUT2D eigenvalue weighted by molar-refractivity contribution is 0.220. The Morgan fingerprint density at radius 3 is 2.54 bits per heavy atom. The molecule has 140 valence electrons. The van der Waals surface area contributed by atoms with E-state index in [0.29, 0.717) is 18.3 Å². The van der Waals surface area contributed by atoms with Crippen LogP contribution in [-0.2, 0) is 0 Å². The van der Waals surface area contributed by atoms with E-state index < -0.39 is 0 Å². The first-order valence-electron chi connectivity index (χ1n) is 9.67. The van der Waals surface area contributed by atoms with Gasteiger partial charge in [-0.3, -0.25) is 0 Å². The first-order chi connectivity index (χ1) is 12.7. The van der Waals surface area contributed by atoms with E-state index >= 15 is 0 Å². The molecule has 2 aromatic rings. The molecule has 0 amide bonds. The van der Waals surface area contributed by atoms with Crippen molar-refractivity contribution in [3.63, 3.8) is 0 Å². The number of unbranched alkanes of at least 4 members (excludes halogenated alkanes) is 2. The molecule has 1 aliphatic heterocycles. The van der Waals surface area contributed by atoms with Gasteiger partial charge in [0.2, 0.25) is 5.88 Å². The number of halogens is 1. The molecule has 0 atom stereocenters. The quantitative estimate of drug-likeness (QED) is 0.646. The Hall–Kier alpha value is -2.01. The summed E-state index contributed by atoms with van der Waals surface area (Å²) >= 11 is 0. The Bertz CT molecular complexity index is 684. The average molecular weight is 357 g/mol. The molecule has 0 N–H and O–H groups in total. The normalized spacial score (nSPS) is 15.2. The number of nitrogens with zero attached hydrogens (tertiary/aromatic N) is 3. The first kappa shape index (κ1) is 18.8. The lowest BCUT2D eigenvalue weighted by atomic mass is 10.1. The number of benzene rings is 1. The van der Waals surface area contributed by atoms with Crippen molar-refractivity contribution in [1.29, 1.82) is 0 Å². The highest BCUT2D eigenvalue weighted by Gasteiger charge is 2.09. The number of hydrogen-bond donors (Lipinski definition) is 0. The van der Waals surface area contributed by atoms with Crippen LogP contribution in [0, 0.1) is 12.7 Å². The summed E-state index contributed by atoms with van der Waals surface area (Å²) in [4.78, 5) is 11.5. The highest BCUT2D eigenvalue weighted by molar-refractivity contribution is 5.55. The van der Waals surface area contributed by atoms with Gasteiger partial charge in [-0.1, -0.05) is 6.42 Å². The van der Waals surface area contributed by atoms with Crippen molar-refractivity contribution in [2.75, 3.05) is 26.2 Å². The van der Waals surface area contributed by atoms with Crippen LogP contribution in [0.2, 0.25) is 0 Å². The number of likely N-dealkylation sites (tertiary alicyclic amines) is 1. The van der Waals surface area contributed by atoms with Crippen LogP contribution < -0.4 is 4.74 Å².